The third-order valence-electron chi connectivity index (χ3n) is 4.17. The molecule has 1 aromatic rings. The van der Waals surface area contributed by atoms with E-state index in [1.165, 1.54) is 0 Å². The predicted molar refractivity (Wildman–Crippen MR) is 89.2 cm³/mol. The average molecular weight is 335 g/mol. The van der Waals surface area contributed by atoms with E-state index in [0.29, 0.717) is 49.9 Å². The van der Waals surface area contributed by atoms with E-state index in [2.05, 4.69) is 19.2 Å². The maximum atomic E-state index is 12.4. The lowest BCUT2D eigenvalue weighted by Gasteiger charge is -2.33. The molecular weight excluding hydrogens is 310 g/mol. The second kappa shape index (κ2) is 8.15. The van der Waals surface area contributed by atoms with E-state index in [0.717, 1.165) is 0 Å². The first-order valence-corrected chi connectivity index (χ1v) is 8.25. The average Bonchev–Trinajstić information content (AvgIpc) is 2.59. The first kappa shape index (κ1) is 18.3. The minimum absolute atomic E-state index is 0.0988. The molecule has 2 N–H and O–H groups in total. The molecule has 1 aliphatic rings. The molecule has 0 aromatic heterocycles. The number of carboxylic acids is 1. The maximum absolute atomic E-state index is 12.4. The molecule has 1 saturated heterocycles. The number of amides is 1. The molecule has 24 heavy (non-hydrogen) atoms. The lowest BCUT2D eigenvalue weighted by molar-refractivity contribution is -0.154. The van der Waals surface area contributed by atoms with Gasteiger partial charge in [-0.15, -0.1) is 0 Å². The minimum Gasteiger partial charge on any atom is -0.493 e. The van der Waals surface area contributed by atoms with E-state index in [9.17, 15) is 14.7 Å². The SMILES string of the molecule is CC(C)COc1cccc(C(=O)NCC2(C(=O)O)CCOCC2)c1. The molecule has 132 valence electrons. The third-order valence-corrected chi connectivity index (χ3v) is 4.17. The second-order valence-corrected chi connectivity index (χ2v) is 6.61. The number of rotatable bonds is 7. The van der Waals surface area contributed by atoms with Gasteiger partial charge in [-0.2, -0.15) is 0 Å². The highest BCUT2D eigenvalue weighted by molar-refractivity contribution is 5.94. The topological polar surface area (TPSA) is 84.9 Å². The Morgan fingerprint density at radius 3 is 2.67 bits per heavy atom. The number of nitrogens with one attached hydrogen (secondary N) is 1. The Bertz CT molecular complexity index is 579. The highest BCUT2D eigenvalue weighted by Gasteiger charge is 2.40. The zero-order valence-corrected chi connectivity index (χ0v) is 14.2. The van der Waals surface area contributed by atoms with Crippen molar-refractivity contribution in [2.24, 2.45) is 11.3 Å². The molecule has 0 aliphatic carbocycles. The number of hydrogen-bond donors (Lipinski definition) is 2. The Kier molecular flexibility index (Phi) is 6.20. The Balaban J connectivity index is 1.98. The molecule has 6 nitrogen and oxygen atoms in total. The predicted octanol–water partition coefficient (Wildman–Crippen LogP) is 2.33. The van der Waals surface area contributed by atoms with Gasteiger partial charge in [0.05, 0.1) is 12.0 Å². The number of aliphatic carboxylic acids is 1. The van der Waals surface area contributed by atoms with Gasteiger partial charge >= 0.3 is 5.97 Å². The number of carbonyl (C=O) groups is 2. The second-order valence-electron chi connectivity index (χ2n) is 6.61. The van der Waals surface area contributed by atoms with Crippen molar-refractivity contribution >= 4 is 11.9 Å². The summed E-state index contributed by atoms with van der Waals surface area (Å²) >= 11 is 0. The number of ether oxygens (including phenoxy) is 2. The van der Waals surface area contributed by atoms with Crippen molar-refractivity contribution in [1.29, 1.82) is 0 Å². The van der Waals surface area contributed by atoms with Crippen LogP contribution in [-0.2, 0) is 9.53 Å². The maximum Gasteiger partial charge on any atom is 0.311 e. The number of carbonyl (C=O) groups excluding carboxylic acids is 1. The summed E-state index contributed by atoms with van der Waals surface area (Å²) in [4.78, 5) is 24.0. The van der Waals surface area contributed by atoms with Gasteiger partial charge in [0.25, 0.3) is 5.91 Å². The molecule has 0 unspecified atom stereocenters. The van der Waals surface area contributed by atoms with Gasteiger partial charge in [0.1, 0.15) is 5.75 Å². The van der Waals surface area contributed by atoms with Crippen molar-refractivity contribution in [1.82, 2.24) is 5.32 Å². The van der Waals surface area contributed by atoms with Crippen LogP contribution in [0.15, 0.2) is 24.3 Å². The monoisotopic (exact) mass is 335 g/mol. The summed E-state index contributed by atoms with van der Waals surface area (Å²) in [7, 11) is 0. The molecule has 0 radical (unpaired) electrons. The first-order valence-electron chi connectivity index (χ1n) is 8.25. The molecule has 0 spiro atoms. The smallest absolute Gasteiger partial charge is 0.311 e. The number of benzene rings is 1. The summed E-state index contributed by atoms with van der Waals surface area (Å²) < 4.78 is 10.9. The van der Waals surface area contributed by atoms with Crippen molar-refractivity contribution in [2.45, 2.75) is 26.7 Å². The van der Waals surface area contributed by atoms with Crippen molar-refractivity contribution < 1.29 is 24.2 Å². The molecule has 1 amide bonds. The molecule has 0 atom stereocenters. The van der Waals surface area contributed by atoms with Crippen LogP contribution in [-0.4, -0.2) is 43.3 Å². The van der Waals surface area contributed by atoms with Gasteiger partial charge in [0.2, 0.25) is 0 Å². The van der Waals surface area contributed by atoms with E-state index in [-0.39, 0.29) is 12.5 Å². The highest BCUT2D eigenvalue weighted by Crippen LogP contribution is 2.30. The molecule has 1 heterocycles. The molecular formula is C18H25NO5. The summed E-state index contributed by atoms with van der Waals surface area (Å²) in [6.45, 7) is 5.59. The summed E-state index contributed by atoms with van der Waals surface area (Å²) in [6.07, 6.45) is 0.806. The van der Waals surface area contributed by atoms with Gasteiger partial charge in [0, 0.05) is 25.3 Å². The van der Waals surface area contributed by atoms with Gasteiger partial charge < -0.3 is 19.9 Å². The van der Waals surface area contributed by atoms with E-state index in [4.69, 9.17) is 9.47 Å². The zero-order valence-electron chi connectivity index (χ0n) is 14.2. The fourth-order valence-electron chi connectivity index (χ4n) is 2.57. The van der Waals surface area contributed by atoms with Crippen molar-refractivity contribution in [3.63, 3.8) is 0 Å². The van der Waals surface area contributed by atoms with Crippen LogP contribution in [0.25, 0.3) is 0 Å². The van der Waals surface area contributed by atoms with Crippen LogP contribution in [0, 0.1) is 11.3 Å². The van der Waals surface area contributed by atoms with Crippen molar-refractivity contribution in [3.05, 3.63) is 29.8 Å². The molecule has 1 aliphatic heterocycles. The van der Waals surface area contributed by atoms with Crippen LogP contribution >= 0.6 is 0 Å². The van der Waals surface area contributed by atoms with Crippen LogP contribution in [0.3, 0.4) is 0 Å². The van der Waals surface area contributed by atoms with Gasteiger partial charge in [-0.05, 0) is 37.0 Å². The Hall–Kier alpha value is -2.08. The Morgan fingerprint density at radius 1 is 1.33 bits per heavy atom. The van der Waals surface area contributed by atoms with Gasteiger partial charge in [0.15, 0.2) is 0 Å². The van der Waals surface area contributed by atoms with E-state index in [1.54, 1.807) is 24.3 Å². The molecule has 0 bridgehead atoms. The first-order chi connectivity index (χ1) is 11.4. The minimum atomic E-state index is -0.945. The quantitative estimate of drug-likeness (QED) is 0.799. The van der Waals surface area contributed by atoms with E-state index < -0.39 is 11.4 Å². The lowest BCUT2D eigenvalue weighted by atomic mass is 9.80. The standard InChI is InChI=1S/C18H25NO5/c1-13(2)11-24-15-5-3-4-14(10-15)16(20)19-12-18(17(21)22)6-8-23-9-7-18/h3-5,10,13H,6-9,11-12H2,1-2H3,(H,19,20)(H,21,22). The molecule has 0 saturated carbocycles. The third kappa shape index (κ3) is 4.71. The largest absolute Gasteiger partial charge is 0.493 e. The zero-order chi connectivity index (χ0) is 17.6. The van der Waals surface area contributed by atoms with Gasteiger partial charge in [-0.1, -0.05) is 19.9 Å². The van der Waals surface area contributed by atoms with Crippen LogP contribution in [0.4, 0.5) is 0 Å². The fraction of sp³-hybridized carbons (Fsp3) is 0.556. The van der Waals surface area contributed by atoms with Crippen molar-refractivity contribution in [2.75, 3.05) is 26.4 Å². The molecule has 2 rings (SSSR count). The Morgan fingerprint density at radius 2 is 2.04 bits per heavy atom. The number of hydrogen-bond acceptors (Lipinski definition) is 4. The molecule has 6 heteroatoms. The Labute approximate surface area is 142 Å². The summed E-state index contributed by atoms with van der Waals surface area (Å²) in [5.74, 6) is -0.154. The summed E-state index contributed by atoms with van der Waals surface area (Å²) in [5.41, 5.74) is -0.483. The van der Waals surface area contributed by atoms with Crippen LogP contribution in [0.5, 0.6) is 5.75 Å². The molecule has 1 aromatic carbocycles. The van der Waals surface area contributed by atoms with Crippen LogP contribution in [0.2, 0.25) is 0 Å². The van der Waals surface area contributed by atoms with Gasteiger partial charge in [-0.25, -0.2) is 0 Å². The summed E-state index contributed by atoms with van der Waals surface area (Å²) in [6, 6.07) is 6.92. The molecule has 1 fully saturated rings. The lowest BCUT2D eigenvalue weighted by Crippen LogP contribution is -2.46. The highest BCUT2D eigenvalue weighted by atomic mass is 16.5. The fourth-order valence-corrected chi connectivity index (χ4v) is 2.57. The summed E-state index contributed by atoms with van der Waals surface area (Å²) in [5, 5.41) is 12.3. The van der Waals surface area contributed by atoms with Crippen LogP contribution in [0.1, 0.15) is 37.0 Å². The van der Waals surface area contributed by atoms with E-state index in [1.807, 2.05) is 0 Å². The van der Waals surface area contributed by atoms with Gasteiger partial charge in [-0.3, -0.25) is 9.59 Å². The van der Waals surface area contributed by atoms with E-state index >= 15 is 0 Å². The van der Waals surface area contributed by atoms with Crippen molar-refractivity contribution in [3.8, 4) is 5.75 Å². The number of carboxylic acid groups (broad SMARTS) is 1. The normalized spacial score (nSPS) is 16.6. The van der Waals surface area contributed by atoms with Crippen LogP contribution < -0.4 is 10.1 Å².